The van der Waals surface area contributed by atoms with Crippen molar-refractivity contribution in [1.29, 1.82) is 0 Å². The molecule has 0 aromatic heterocycles. The molecule has 2 unspecified atom stereocenters. The van der Waals surface area contributed by atoms with Crippen LogP contribution in [0.1, 0.15) is 57.7 Å². The molecule has 1 aromatic rings. The second-order valence-electron chi connectivity index (χ2n) is 5.08. The van der Waals surface area contributed by atoms with Gasteiger partial charge in [0, 0.05) is 6.61 Å². The van der Waals surface area contributed by atoms with Crippen LogP contribution in [0.3, 0.4) is 0 Å². The minimum atomic E-state index is 0.202. The first kappa shape index (κ1) is 16.2. The van der Waals surface area contributed by atoms with Crippen LogP contribution in [0.4, 0.5) is 0 Å². The second-order valence-corrected chi connectivity index (χ2v) is 5.08. The van der Waals surface area contributed by atoms with Crippen molar-refractivity contribution < 1.29 is 4.74 Å². The van der Waals surface area contributed by atoms with Crippen molar-refractivity contribution in [2.45, 2.75) is 59.1 Å². The van der Waals surface area contributed by atoms with E-state index in [0.29, 0.717) is 0 Å². The molecule has 0 heterocycles. The van der Waals surface area contributed by atoms with Gasteiger partial charge in [0.15, 0.2) is 0 Å². The van der Waals surface area contributed by atoms with E-state index in [0.717, 1.165) is 26.0 Å². The maximum Gasteiger partial charge on any atom is 0.0741 e. The van der Waals surface area contributed by atoms with E-state index < -0.39 is 0 Å². The highest BCUT2D eigenvalue weighted by Gasteiger charge is 2.18. The Morgan fingerprint density at radius 2 is 1.74 bits per heavy atom. The standard InChI is InChI=1S/C17H29NO/c1-5-8-15-9-11-16(12-10-15)17(18-13-6-2)14(4)19-7-3/h9-12,14,17-18H,5-8,13H2,1-4H3. The fourth-order valence-electron chi connectivity index (χ4n) is 2.39. The molecule has 1 N–H and O–H groups in total. The summed E-state index contributed by atoms with van der Waals surface area (Å²) in [5.74, 6) is 0. The van der Waals surface area contributed by atoms with E-state index in [1.807, 2.05) is 0 Å². The van der Waals surface area contributed by atoms with Gasteiger partial charge >= 0.3 is 0 Å². The first-order valence-electron chi connectivity index (χ1n) is 7.66. The molecule has 0 aliphatic rings. The molecule has 2 heteroatoms. The minimum Gasteiger partial charge on any atom is -0.377 e. The third-order valence-corrected chi connectivity index (χ3v) is 3.39. The Labute approximate surface area is 118 Å². The summed E-state index contributed by atoms with van der Waals surface area (Å²) < 4.78 is 5.77. The topological polar surface area (TPSA) is 21.3 Å². The monoisotopic (exact) mass is 263 g/mol. The number of aryl methyl sites for hydroxylation is 1. The third kappa shape index (κ3) is 5.33. The van der Waals surface area contributed by atoms with Crippen LogP contribution in [0, 0.1) is 0 Å². The van der Waals surface area contributed by atoms with E-state index in [2.05, 4.69) is 57.3 Å². The van der Waals surface area contributed by atoms with Crippen LogP contribution in [-0.4, -0.2) is 19.3 Å². The molecule has 19 heavy (non-hydrogen) atoms. The van der Waals surface area contributed by atoms with E-state index >= 15 is 0 Å². The number of rotatable bonds is 9. The van der Waals surface area contributed by atoms with Crippen LogP contribution < -0.4 is 5.32 Å². The first-order chi connectivity index (χ1) is 9.22. The van der Waals surface area contributed by atoms with Gasteiger partial charge < -0.3 is 10.1 Å². The van der Waals surface area contributed by atoms with E-state index in [1.54, 1.807) is 0 Å². The van der Waals surface area contributed by atoms with Gasteiger partial charge in [-0.3, -0.25) is 0 Å². The van der Waals surface area contributed by atoms with Gasteiger partial charge in [-0.1, -0.05) is 44.5 Å². The molecule has 0 aliphatic carbocycles. The van der Waals surface area contributed by atoms with Crippen molar-refractivity contribution >= 4 is 0 Å². The zero-order valence-electron chi connectivity index (χ0n) is 12.9. The Balaban J connectivity index is 2.77. The summed E-state index contributed by atoms with van der Waals surface area (Å²) in [6.45, 7) is 10.4. The summed E-state index contributed by atoms with van der Waals surface area (Å²) in [5.41, 5.74) is 2.75. The molecule has 0 saturated carbocycles. The van der Waals surface area contributed by atoms with Crippen LogP contribution in [0.5, 0.6) is 0 Å². The quantitative estimate of drug-likeness (QED) is 0.724. The Morgan fingerprint density at radius 1 is 1.05 bits per heavy atom. The van der Waals surface area contributed by atoms with Crippen molar-refractivity contribution in [3.05, 3.63) is 35.4 Å². The lowest BCUT2D eigenvalue weighted by Gasteiger charge is -2.25. The summed E-state index contributed by atoms with van der Waals surface area (Å²) in [6, 6.07) is 9.27. The van der Waals surface area contributed by atoms with Gasteiger partial charge in [0.1, 0.15) is 0 Å². The zero-order chi connectivity index (χ0) is 14.1. The third-order valence-electron chi connectivity index (χ3n) is 3.39. The summed E-state index contributed by atoms with van der Waals surface area (Å²) in [7, 11) is 0. The lowest BCUT2D eigenvalue weighted by molar-refractivity contribution is 0.0472. The average Bonchev–Trinajstić information content (AvgIpc) is 2.41. The highest BCUT2D eigenvalue weighted by Crippen LogP contribution is 2.20. The molecule has 0 spiro atoms. The van der Waals surface area contributed by atoms with Crippen molar-refractivity contribution in [3.8, 4) is 0 Å². The van der Waals surface area contributed by atoms with Crippen molar-refractivity contribution in [1.82, 2.24) is 5.32 Å². The largest absolute Gasteiger partial charge is 0.377 e. The molecule has 1 aromatic carbocycles. The van der Waals surface area contributed by atoms with Gasteiger partial charge in [0.05, 0.1) is 12.1 Å². The molecule has 0 aliphatic heterocycles. The maximum absolute atomic E-state index is 5.77. The Hall–Kier alpha value is -0.860. The van der Waals surface area contributed by atoms with Crippen LogP contribution in [0.25, 0.3) is 0 Å². The Morgan fingerprint density at radius 3 is 2.26 bits per heavy atom. The van der Waals surface area contributed by atoms with Gasteiger partial charge in [-0.15, -0.1) is 0 Å². The van der Waals surface area contributed by atoms with E-state index in [9.17, 15) is 0 Å². The molecule has 0 fully saturated rings. The first-order valence-corrected chi connectivity index (χ1v) is 7.66. The zero-order valence-corrected chi connectivity index (χ0v) is 12.9. The fourth-order valence-corrected chi connectivity index (χ4v) is 2.39. The lowest BCUT2D eigenvalue weighted by Crippen LogP contribution is -2.32. The normalized spacial score (nSPS) is 14.3. The van der Waals surface area contributed by atoms with Gasteiger partial charge in [-0.25, -0.2) is 0 Å². The van der Waals surface area contributed by atoms with E-state index in [-0.39, 0.29) is 12.1 Å². The molecule has 0 bridgehead atoms. The molecule has 1 rings (SSSR count). The molecule has 108 valence electrons. The summed E-state index contributed by atoms with van der Waals surface area (Å²) >= 11 is 0. The highest BCUT2D eigenvalue weighted by molar-refractivity contribution is 5.26. The van der Waals surface area contributed by atoms with E-state index in [1.165, 1.54) is 17.5 Å². The van der Waals surface area contributed by atoms with Gasteiger partial charge in [-0.2, -0.15) is 0 Å². The summed E-state index contributed by atoms with van der Waals surface area (Å²) in [4.78, 5) is 0. The van der Waals surface area contributed by atoms with Crippen LogP contribution >= 0.6 is 0 Å². The lowest BCUT2D eigenvalue weighted by atomic mass is 9.99. The molecule has 0 radical (unpaired) electrons. The number of hydrogen-bond acceptors (Lipinski definition) is 2. The SMILES string of the molecule is CCCNC(c1ccc(CCC)cc1)C(C)OCC. The molecule has 0 amide bonds. The molecular weight excluding hydrogens is 234 g/mol. The van der Waals surface area contributed by atoms with Crippen molar-refractivity contribution in [3.63, 3.8) is 0 Å². The fraction of sp³-hybridized carbons (Fsp3) is 0.647. The smallest absolute Gasteiger partial charge is 0.0741 e. The summed E-state index contributed by atoms with van der Waals surface area (Å²) in [5, 5.41) is 3.60. The van der Waals surface area contributed by atoms with Crippen LogP contribution in [0.15, 0.2) is 24.3 Å². The van der Waals surface area contributed by atoms with Crippen molar-refractivity contribution in [2.75, 3.05) is 13.2 Å². The number of nitrogens with one attached hydrogen (secondary N) is 1. The minimum absolute atomic E-state index is 0.202. The Bertz CT molecular complexity index is 334. The number of benzene rings is 1. The van der Waals surface area contributed by atoms with Gasteiger partial charge in [-0.05, 0) is 44.4 Å². The van der Waals surface area contributed by atoms with Gasteiger partial charge in [0.2, 0.25) is 0 Å². The molecule has 2 atom stereocenters. The molecule has 2 nitrogen and oxygen atoms in total. The van der Waals surface area contributed by atoms with Crippen LogP contribution in [0.2, 0.25) is 0 Å². The second kappa shape index (κ2) is 9.11. The van der Waals surface area contributed by atoms with Crippen LogP contribution in [-0.2, 0) is 11.2 Å². The summed E-state index contributed by atoms with van der Waals surface area (Å²) in [6.07, 6.45) is 3.71. The predicted molar refractivity (Wildman–Crippen MR) is 82.6 cm³/mol. The number of hydrogen-bond donors (Lipinski definition) is 1. The van der Waals surface area contributed by atoms with Gasteiger partial charge in [0.25, 0.3) is 0 Å². The number of ether oxygens (including phenoxy) is 1. The van der Waals surface area contributed by atoms with Crippen molar-refractivity contribution in [2.24, 2.45) is 0 Å². The highest BCUT2D eigenvalue weighted by atomic mass is 16.5. The van der Waals surface area contributed by atoms with E-state index in [4.69, 9.17) is 4.74 Å². The molecule has 0 saturated heterocycles. The molecular formula is C17H29NO. The predicted octanol–water partition coefficient (Wildman–Crippen LogP) is 4.10. The Kier molecular flexibility index (Phi) is 7.76. The maximum atomic E-state index is 5.77. The average molecular weight is 263 g/mol.